The first kappa shape index (κ1) is 11.6. The van der Waals surface area contributed by atoms with E-state index in [1.54, 1.807) is 7.11 Å². The first-order chi connectivity index (χ1) is 7.08. The maximum absolute atomic E-state index is 10.7. The first-order valence-electron chi connectivity index (χ1n) is 4.96. The molecule has 0 amide bonds. The Morgan fingerprint density at radius 2 is 2.13 bits per heavy atom. The lowest BCUT2D eigenvalue weighted by atomic mass is 9.99. The predicted molar refractivity (Wildman–Crippen MR) is 58.4 cm³/mol. The average molecular weight is 208 g/mol. The zero-order valence-electron chi connectivity index (χ0n) is 9.33. The largest absolute Gasteiger partial charge is 0.496 e. The number of rotatable bonds is 4. The van der Waals surface area contributed by atoms with Gasteiger partial charge >= 0.3 is 5.97 Å². The summed E-state index contributed by atoms with van der Waals surface area (Å²) in [4.78, 5) is 10.7. The predicted octanol–water partition coefficient (Wildman–Crippen LogP) is 2.19. The van der Waals surface area contributed by atoms with Crippen LogP contribution in [0.15, 0.2) is 12.1 Å². The molecule has 0 aliphatic carbocycles. The van der Waals surface area contributed by atoms with Crippen LogP contribution in [0.4, 0.5) is 0 Å². The molecule has 0 bridgehead atoms. The minimum atomic E-state index is -0.827. The third-order valence-electron chi connectivity index (χ3n) is 2.37. The van der Waals surface area contributed by atoms with Crippen molar-refractivity contribution in [3.05, 3.63) is 28.8 Å². The monoisotopic (exact) mass is 208 g/mol. The summed E-state index contributed by atoms with van der Waals surface area (Å²) in [6.07, 6.45) is 0.841. The van der Waals surface area contributed by atoms with Crippen molar-refractivity contribution in [2.75, 3.05) is 7.11 Å². The minimum Gasteiger partial charge on any atom is -0.496 e. The molecule has 0 aliphatic rings. The molecular formula is C12H16O3. The molecule has 0 heterocycles. The van der Waals surface area contributed by atoms with Crippen LogP contribution < -0.4 is 4.74 Å². The third kappa shape index (κ3) is 2.72. The smallest absolute Gasteiger partial charge is 0.307 e. The van der Waals surface area contributed by atoms with Crippen LogP contribution in [-0.2, 0) is 17.6 Å². The fourth-order valence-electron chi connectivity index (χ4n) is 1.71. The lowest BCUT2D eigenvalue weighted by Crippen LogP contribution is -2.06. The van der Waals surface area contributed by atoms with Crippen LogP contribution in [0.5, 0.6) is 5.75 Å². The van der Waals surface area contributed by atoms with Gasteiger partial charge in [0.1, 0.15) is 5.75 Å². The van der Waals surface area contributed by atoms with Crippen molar-refractivity contribution in [1.29, 1.82) is 0 Å². The van der Waals surface area contributed by atoms with Crippen LogP contribution in [0.25, 0.3) is 0 Å². The molecule has 1 aromatic carbocycles. The lowest BCUT2D eigenvalue weighted by molar-refractivity contribution is -0.136. The Bertz CT molecular complexity index is 344. The van der Waals surface area contributed by atoms with Gasteiger partial charge in [-0.05, 0) is 30.5 Å². The molecule has 15 heavy (non-hydrogen) atoms. The number of aryl methyl sites for hydroxylation is 2. The normalized spacial score (nSPS) is 10.1. The molecule has 0 fully saturated rings. The Kier molecular flexibility index (Phi) is 3.72. The van der Waals surface area contributed by atoms with E-state index in [9.17, 15) is 4.79 Å². The maximum atomic E-state index is 10.7. The molecule has 0 radical (unpaired) electrons. The van der Waals surface area contributed by atoms with Crippen molar-refractivity contribution in [2.45, 2.75) is 26.7 Å². The Hall–Kier alpha value is -1.51. The van der Waals surface area contributed by atoms with Crippen molar-refractivity contribution in [2.24, 2.45) is 0 Å². The summed E-state index contributed by atoms with van der Waals surface area (Å²) in [6.45, 7) is 3.99. The van der Waals surface area contributed by atoms with Crippen LogP contribution in [0.2, 0.25) is 0 Å². The Morgan fingerprint density at radius 3 is 2.60 bits per heavy atom. The highest BCUT2D eigenvalue weighted by Crippen LogP contribution is 2.25. The number of hydrogen-bond donors (Lipinski definition) is 1. The highest BCUT2D eigenvalue weighted by atomic mass is 16.5. The standard InChI is InChI=1S/C12H16O3/c1-4-9-5-8(2)6-11(15-3)10(9)7-12(13)14/h5-6H,4,7H2,1-3H3,(H,13,14). The fraction of sp³-hybridized carbons (Fsp3) is 0.417. The van der Waals surface area contributed by atoms with Gasteiger partial charge in [0.25, 0.3) is 0 Å². The molecule has 0 atom stereocenters. The van der Waals surface area contributed by atoms with Crippen LogP contribution in [0, 0.1) is 6.92 Å². The second kappa shape index (κ2) is 4.82. The zero-order chi connectivity index (χ0) is 11.4. The molecule has 1 aromatic rings. The van der Waals surface area contributed by atoms with E-state index >= 15 is 0 Å². The van der Waals surface area contributed by atoms with Crippen molar-refractivity contribution in [3.63, 3.8) is 0 Å². The molecule has 82 valence electrons. The van der Waals surface area contributed by atoms with E-state index in [1.165, 1.54) is 0 Å². The number of benzene rings is 1. The third-order valence-corrected chi connectivity index (χ3v) is 2.37. The molecule has 1 rings (SSSR count). The van der Waals surface area contributed by atoms with E-state index in [4.69, 9.17) is 9.84 Å². The number of hydrogen-bond acceptors (Lipinski definition) is 2. The second-order valence-electron chi connectivity index (χ2n) is 3.53. The average Bonchev–Trinajstić information content (AvgIpc) is 2.19. The van der Waals surface area contributed by atoms with Crippen LogP contribution in [0.1, 0.15) is 23.6 Å². The summed E-state index contributed by atoms with van der Waals surface area (Å²) in [7, 11) is 1.57. The number of ether oxygens (including phenoxy) is 1. The molecule has 0 spiro atoms. The van der Waals surface area contributed by atoms with Crippen molar-refractivity contribution < 1.29 is 14.6 Å². The van der Waals surface area contributed by atoms with E-state index < -0.39 is 5.97 Å². The van der Waals surface area contributed by atoms with Gasteiger partial charge in [-0.2, -0.15) is 0 Å². The van der Waals surface area contributed by atoms with Gasteiger partial charge in [-0.25, -0.2) is 0 Å². The molecule has 3 nitrogen and oxygen atoms in total. The topological polar surface area (TPSA) is 46.5 Å². The zero-order valence-corrected chi connectivity index (χ0v) is 9.33. The number of methoxy groups -OCH3 is 1. The highest BCUT2D eigenvalue weighted by Gasteiger charge is 2.12. The fourth-order valence-corrected chi connectivity index (χ4v) is 1.71. The van der Waals surface area contributed by atoms with Gasteiger partial charge in [-0.1, -0.05) is 13.0 Å². The summed E-state index contributed by atoms with van der Waals surface area (Å²) in [5, 5.41) is 8.82. The summed E-state index contributed by atoms with van der Waals surface area (Å²) in [6, 6.07) is 3.89. The highest BCUT2D eigenvalue weighted by molar-refractivity contribution is 5.72. The van der Waals surface area contributed by atoms with E-state index in [1.807, 2.05) is 26.0 Å². The van der Waals surface area contributed by atoms with Crippen molar-refractivity contribution >= 4 is 5.97 Å². The number of carboxylic acid groups (broad SMARTS) is 1. The summed E-state index contributed by atoms with van der Waals surface area (Å²) in [5.41, 5.74) is 2.94. The van der Waals surface area contributed by atoms with Gasteiger partial charge < -0.3 is 9.84 Å². The Labute approximate surface area is 89.7 Å². The summed E-state index contributed by atoms with van der Waals surface area (Å²) < 4.78 is 5.21. The summed E-state index contributed by atoms with van der Waals surface area (Å²) in [5.74, 6) is -0.152. The first-order valence-corrected chi connectivity index (χ1v) is 4.96. The SMILES string of the molecule is CCc1cc(C)cc(OC)c1CC(=O)O. The molecule has 0 saturated carbocycles. The van der Waals surface area contributed by atoms with Gasteiger partial charge in [0.05, 0.1) is 13.5 Å². The number of carbonyl (C=O) groups is 1. The Balaban J connectivity index is 3.23. The number of carboxylic acids is 1. The second-order valence-corrected chi connectivity index (χ2v) is 3.53. The Morgan fingerprint density at radius 1 is 1.47 bits per heavy atom. The number of aliphatic carboxylic acids is 1. The van der Waals surface area contributed by atoms with Crippen LogP contribution >= 0.6 is 0 Å². The van der Waals surface area contributed by atoms with Gasteiger partial charge in [0.15, 0.2) is 0 Å². The van der Waals surface area contributed by atoms with E-state index in [0.29, 0.717) is 5.75 Å². The maximum Gasteiger partial charge on any atom is 0.307 e. The van der Waals surface area contributed by atoms with E-state index in [-0.39, 0.29) is 6.42 Å². The van der Waals surface area contributed by atoms with Crippen LogP contribution in [0.3, 0.4) is 0 Å². The van der Waals surface area contributed by atoms with Crippen molar-refractivity contribution in [3.8, 4) is 5.75 Å². The quantitative estimate of drug-likeness (QED) is 0.825. The van der Waals surface area contributed by atoms with Gasteiger partial charge in [-0.15, -0.1) is 0 Å². The molecule has 0 saturated heterocycles. The minimum absolute atomic E-state index is 0.0205. The van der Waals surface area contributed by atoms with Gasteiger partial charge in [0.2, 0.25) is 0 Å². The summed E-state index contributed by atoms with van der Waals surface area (Å²) >= 11 is 0. The molecular weight excluding hydrogens is 192 g/mol. The molecule has 0 aromatic heterocycles. The van der Waals surface area contributed by atoms with Gasteiger partial charge in [0, 0.05) is 5.56 Å². The van der Waals surface area contributed by atoms with E-state index in [0.717, 1.165) is 23.1 Å². The molecule has 0 unspecified atom stereocenters. The molecule has 1 N–H and O–H groups in total. The molecule has 0 aliphatic heterocycles. The lowest BCUT2D eigenvalue weighted by Gasteiger charge is -2.12. The van der Waals surface area contributed by atoms with Crippen LogP contribution in [-0.4, -0.2) is 18.2 Å². The van der Waals surface area contributed by atoms with E-state index in [2.05, 4.69) is 0 Å². The molecule has 3 heteroatoms. The van der Waals surface area contributed by atoms with Gasteiger partial charge in [-0.3, -0.25) is 4.79 Å². The van der Waals surface area contributed by atoms with Crippen molar-refractivity contribution in [1.82, 2.24) is 0 Å².